The molecule has 1 aromatic carbocycles. The Morgan fingerprint density at radius 3 is 2.44 bits per heavy atom. The number of alkyl halides is 2. The number of aryl methyl sites for hydroxylation is 1. The summed E-state index contributed by atoms with van der Waals surface area (Å²) in [6.07, 6.45) is 0.229. The van der Waals surface area contributed by atoms with Gasteiger partial charge in [-0.1, -0.05) is 30.3 Å². The van der Waals surface area contributed by atoms with Gasteiger partial charge in [-0.15, -0.1) is 0 Å². The summed E-state index contributed by atoms with van der Waals surface area (Å²) in [7, 11) is 0. The molecule has 146 valence electrons. The van der Waals surface area contributed by atoms with Crippen LogP contribution in [0.4, 0.5) is 8.78 Å². The van der Waals surface area contributed by atoms with Gasteiger partial charge in [-0.2, -0.15) is 13.9 Å². The molecule has 2 aromatic rings. The molecule has 27 heavy (non-hydrogen) atoms. The van der Waals surface area contributed by atoms with Gasteiger partial charge in [-0.25, -0.2) is 4.68 Å². The molecule has 1 N–H and O–H groups in total. The lowest BCUT2D eigenvalue weighted by Crippen LogP contribution is -2.33. The topological polar surface area (TPSA) is 75.4 Å². The smallest absolute Gasteiger partial charge is 0.333 e. The fourth-order valence-electron chi connectivity index (χ4n) is 2.92. The fourth-order valence-corrected chi connectivity index (χ4v) is 2.92. The summed E-state index contributed by atoms with van der Waals surface area (Å²) in [5, 5.41) is 12.6. The van der Waals surface area contributed by atoms with E-state index < -0.39 is 12.5 Å². The number of amides is 1. The molecule has 0 unspecified atom stereocenters. The number of hydrogen-bond donors (Lipinski definition) is 1. The zero-order valence-electron chi connectivity index (χ0n) is 15.4. The first-order valence-electron chi connectivity index (χ1n) is 8.65. The summed E-state index contributed by atoms with van der Waals surface area (Å²) in [5.74, 6) is -1.17. The number of halogens is 2. The van der Waals surface area contributed by atoms with Crippen LogP contribution in [0.2, 0.25) is 0 Å². The molecular formula is C19H23F2N3O3. The third-order valence-electron chi connectivity index (χ3n) is 4.38. The predicted molar refractivity (Wildman–Crippen MR) is 95.4 cm³/mol. The summed E-state index contributed by atoms with van der Waals surface area (Å²) in [6.45, 7) is 0.964. The molecule has 0 radical (unpaired) electrons. The van der Waals surface area contributed by atoms with Gasteiger partial charge >= 0.3 is 12.5 Å². The molecule has 0 fully saturated rings. The van der Waals surface area contributed by atoms with Crippen LogP contribution < -0.4 is 0 Å². The Labute approximate surface area is 156 Å². The van der Waals surface area contributed by atoms with E-state index in [0.29, 0.717) is 28.9 Å². The number of benzene rings is 1. The molecule has 1 amide bonds. The second-order valence-electron chi connectivity index (χ2n) is 6.35. The van der Waals surface area contributed by atoms with Crippen molar-refractivity contribution in [2.24, 2.45) is 0 Å². The molecule has 0 aliphatic carbocycles. The second kappa shape index (κ2) is 9.25. The van der Waals surface area contributed by atoms with Crippen molar-refractivity contribution in [3.8, 4) is 0 Å². The Bertz CT molecular complexity index is 791. The van der Waals surface area contributed by atoms with Crippen molar-refractivity contribution in [1.29, 1.82) is 0 Å². The summed E-state index contributed by atoms with van der Waals surface area (Å²) in [5.41, 5.74) is 2.06. The molecule has 0 aliphatic rings. The van der Waals surface area contributed by atoms with Crippen molar-refractivity contribution in [3.63, 3.8) is 0 Å². The van der Waals surface area contributed by atoms with Crippen LogP contribution in [0.5, 0.6) is 0 Å². The summed E-state index contributed by atoms with van der Waals surface area (Å²) >= 11 is 0. The largest absolute Gasteiger partial charge is 0.481 e. The monoisotopic (exact) mass is 379 g/mol. The zero-order valence-corrected chi connectivity index (χ0v) is 15.4. The minimum absolute atomic E-state index is 0.0417. The fraction of sp³-hybridized carbons (Fsp3) is 0.421. The number of aliphatic carboxylic acids is 1. The standard InChI is InChI=1S/C19H23F2N3O3/c1-13-16(14(2)24(22-13)19(20)21)11-17(25)23(10-6-9-18(26)27)12-15-7-4-3-5-8-15/h3-5,7-8,19H,6,9-12H2,1-2H3,(H,26,27). The van der Waals surface area contributed by atoms with Crippen molar-refractivity contribution >= 4 is 11.9 Å². The molecule has 0 bridgehead atoms. The van der Waals surface area contributed by atoms with Crippen LogP contribution in [0.25, 0.3) is 0 Å². The Morgan fingerprint density at radius 2 is 1.89 bits per heavy atom. The molecule has 1 heterocycles. The number of nitrogens with zero attached hydrogens (tertiary/aromatic N) is 3. The molecule has 0 spiro atoms. The maximum absolute atomic E-state index is 13.0. The van der Waals surface area contributed by atoms with Crippen molar-refractivity contribution in [2.45, 2.75) is 46.2 Å². The predicted octanol–water partition coefficient (Wildman–Crippen LogP) is 3.33. The Balaban J connectivity index is 2.16. The van der Waals surface area contributed by atoms with E-state index in [4.69, 9.17) is 5.11 Å². The minimum atomic E-state index is -2.76. The lowest BCUT2D eigenvalue weighted by atomic mass is 10.1. The van der Waals surface area contributed by atoms with Crippen molar-refractivity contribution < 1.29 is 23.5 Å². The van der Waals surface area contributed by atoms with Gasteiger partial charge in [-0.05, 0) is 25.8 Å². The SMILES string of the molecule is Cc1nn(C(F)F)c(C)c1CC(=O)N(CCCC(=O)O)Cc1ccccc1. The van der Waals surface area contributed by atoms with Gasteiger partial charge < -0.3 is 10.0 Å². The normalized spacial score (nSPS) is 11.0. The highest BCUT2D eigenvalue weighted by atomic mass is 19.3. The Hall–Kier alpha value is -2.77. The second-order valence-corrected chi connectivity index (χ2v) is 6.35. The maximum Gasteiger partial charge on any atom is 0.333 e. The highest BCUT2D eigenvalue weighted by Gasteiger charge is 2.22. The summed E-state index contributed by atoms with van der Waals surface area (Å²) in [6, 6.07) is 9.34. The molecule has 1 aromatic heterocycles. The first kappa shape index (κ1) is 20.5. The number of carboxylic acid groups (broad SMARTS) is 1. The van der Waals surface area contributed by atoms with E-state index >= 15 is 0 Å². The van der Waals surface area contributed by atoms with E-state index in [0.717, 1.165) is 5.56 Å². The number of carbonyl (C=O) groups excluding carboxylic acids is 1. The molecular weight excluding hydrogens is 356 g/mol. The van der Waals surface area contributed by atoms with Crippen LogP contribution in [0.1, 0.15) is 41.9 Å². The third kappa shape index (κ3) is 5.60. The van der Waals surface area contributed by atoms with Crippen LogP contribution in [0, 0.1) is 13.8 Å². The van der Waals surface area contributed by atoms with Gasteiger partial charge in [0, 0.05) is 30.8 Å². The lowest BCUT2D eigenvalue weighted by Gasteiger charge is -2.23. The van der Waals surface area contributed by atoms with Crippen LogP contribution >= 0.6 is 0 Å². The number of aromatic nitrogens is 2. The van der Waals surface area contributed by atoms with Gasteiger partial charge in [0.25, 0.3) is 0 Å². The maximum atomic E-state index is 13.0. The quantitative estimate of drug-likeness (QED) is 0.725. The molecule has 2 rings (SSSR count). The van der Waals surface area contributed by atoms with Gasteiger partial charge in [-0.3, -0.25) is 9.59 Å². The highest BCUT2D eigenvalue weighted by Crippen LogP contribution is 2.21. The van der Waals surface area contributed by atoms with Crippen molar-refractivity contribution in [2.75, 3.05) is 6.54 Å². The first-order valence-corrected chi connectivity index (χ1v) is 8.65. The van der Waals surface area contributed by atoms with E-state index in [1.54, 1.807) is 11.8 Å². The molecule has 6 nitrogen and oxygen atoms in total. The van der Waals surface area contributed by atoms with E-state index in [1.165, 1.54) is 6.92 Å². The van der Waals surface area contributed by atoms with Crippen LogP contribution in [0.15, 0.2) is 30.3 Å². The summed E-state index contributed by atoms with van der Waals surface area (Å²) < 4.78 is 26.6. The van der Waals surface area contributed by atoms with Gasteiger partial charge in [0.15, 0.2) is 0 Å². The van der Waals surface area contributed by atoms with Gasteiger partial charge in [0.05, 0.1) is 12.1 Å². The molecule has 0 saturated heterocycles. The first-order chi connectivity index (χ1) is 12.8. The Morgan fingerprint density at radius 1 is 1.22 bits per heavy atom. The van der Waals surface area contributed by atoms with Crippen molar-refractivity contribution in [1.82, 2.24) is 14.7 Å². The Kier molecular flexibility index (Phi) is 7.04. The summed E-state index contributed by atoms with van der Waals surface area (Å²) in [4.78, 5) is 25.2. The lowest BCUT2D eigenvalue weighted by molar-refractivity contribution is -0.138. The van der Waals surface area contributed by atoms with Crippen molar-refractivity contribution in [3.05, 3.63) is 52.8 Å². The number of carbonyl (C=O) groups is 2. The minimum Gasteiger partial charge on any atom is -0.481 e. The average Bonchev–Trinajstić information content (AvgIpc) is 2.90. The number of rotatable bonds is 9. The molecule has 0 saturated carbocycles. The van der Waals surface area contributed by atoms with Crippen LogP contribution in [-0.4, -0.2) is 38.2 Å². The number of carboxylic acids is 1. The highest BCUT2D eigenvalue weighted by molar-refractivity contribution is 5.79. The third-order valence-corrected chi connectivity index (χ3v) is 4.38. The van der Waals surface area contributed by atoms with Crippen LogP contribution in [-0.2, 0) is 22.6 Å². The van der Waals surface area contributed by atoms with E-state index in [9.17, 15) is 18.4 Å². The van der Waals surface area contributed by atoms with Gasteiger partial charge in [0.2, 0.25) is 5.91 Å². The molecule has 0 atom stereocenters. The van der Waals surface area contributed by atoms with Gasteiger partial charge in [0.1, 0.15) is 0 Å². The molecule has 0 aliphatic heterocycles. The van der Waals surface area contributed by atoms with E-state index in [1.807, 2.05) is 30.3 Å². The zero-order chi connectivity index (χ0) is 20.0. The van der Waals surface area contributed by atoms with E-state index in [2.05, 4.69) is 5.10 Å². The number of hydrogen-bond acceptors (Lipinski definition) is 3. The van der Waals surface area contributed by atoms with Crippen LogP contribution in [0.3, 0.4) is 0 Å². The molecule has 8 heteroatoms. The average molecular weight is 379 g/mol. The van der Waals surface area contributed by atoms with E-state index in [-0.39, 0.29) is 31.0 Å².